The van der Waals surface area contributed by atoms with Gasteiger partial charge in [0.2, 0.25) is 0 Å². The molecular weight excluding hydrogens is 297 g/mol. The molecule has 1 heterocycles. The SMILES string of the molecule is Cc1cccc(NC(=O)C2(C)Cc3cc(F)ccc3C(=O)O2)c1. The summed E-state index contributed by atoms with van der Waals surface area (Å²) in [4.78, 5) is 24.7. The van der Waals surface area contributed by atoms with Gasteiger partial charge in [-0.2, -0.15) is 0 Å². The number of cyclic esters (lactones) is 1. The highest BCUT2D eigenvalue weighted by Gasteiger charge is 2.42. The normalized spacial score (nSPS) is 19.7. The van der Waals surface area contributed by atoms with Crippen molar-refractivity contribution < 1.29 is 18.7 Å². The molecule has 1 atom stereocenters. The highest BCUT2D eigenvalue weighted by molar-refractivity contribution is 6.02. The van der Waals surface area contributed by atoms with E-state index in [0.717, 1.165) is 5.56 Å². The van der Waals surface area contributed by atoms with E-state index >= 15 is 0 Å². The molecule has 0 spiro atoms. The molecule has 2 aromatic rings. The van der Waals surface area contributed by atoms with Crippen molar-refractivity contribution in [3.05, 3.63) is 65.0 Å². The van der Waals surface area contributed by atoms with Crippen molar-refractivity contribution in [2.75, 3.05) is 5.32 Å². The Balaban J connectivity index is 1.87. The fourth-order valence-corrected chi connectivity index (χ4v) is 2.68. The first-order valence-electron chi connectivity index (χ1n) is 7.27. The zero-order valence-corrected chi connectivity index (χ0v) is 12.9. The van der Waals surface area contributed by atoms with Gasteiger partial charge in [-0.15, -0.1) is 0 Å². The minimum Gasteiger partial charge on any atom is -0.445 e. The van der Waals surface area contributed by atoms with Crippen LogP contribution in [0.2, 0.25) is 0 Å². The van der Waals surface area contributed by atoms with E-state index in [9.17, 15) is 14.0 Å². The lowest BCUT2D eigenvalue weighted by molar-refractivity contribution is -0.134. The molecule has 0 saturated carbocycles. The summed E-state index contributed by atoms with van der Waals surface area (Å²) in [7, 11) is 0. The minimum absolute atomic E-state index is 0.128. The van der Waals surface area contributed by atoms with E-state index in [2.05, 4.69) is 5.32 Å². The molecule has 0 saturated heterocycles. The summed E-state index contributed by atoms with van der Waals surface area (Å²) in [5.41, 5.74) is 1.02. The lowest BCUT2D eigenvalue weighted by atomic mass is 9.89. The average Bonchev–Trinajstić information content (AvgIpc) is 2.46. The molecule has 0 aromatic heterocycles. The Morgan fingerprint density at radius 1 is 1.26 bits per heavy atom. The van der Waals surface area contributed by atoms with Crippen molar-refractivity contribution in [3.8, 4) is 0 Å². The molecule has 0 bridgehead atoms. The van der Waals surface area contributed by atoms with E-state index in [4.69, 9.17) is 4.74 Å². The number of anilines is 1. The molecule has 1 N–H and O–H groups in total. The van der Waals surface area contributed by atoms with Gasteiger partial charge in [-0.25, -0.2) is 9.18 Å². The van der Waals surface area contributed by atoms with Gasteiger partial charge >= 0.3 is 5.97 Å². The first kappa shape index (κ1) is 15.2. The monoisotopic (exact) mass is 313 g/mol. The Morgan fingerprint density at radius 3 is 2.78 bits per heavy atom. The summed E-state index contributed by atoms with van der Waals surface area (Å²) >= 11 is 0. The Hall–Kier alpha value is -2.69. The van der Waals surface area contributed by atoms with Crippen LogP contribution in [0.5, 0.6) is 0 Å². The van der Waals surface area contributed by atoms with Gasteiger partial charge in [-0.1, -0.05) is 12.1 Å². The second kappa shape index (κ2) is 5.50. The number of rotatable bonds is 2. The third-order valence-electron chi connectivity index (χ3n) is 3.89. The van der Waals surface area contributed by atoms with Gasteiger partial charge in [0, 0.05) is 12.1 Å². The third kappa shape index (κ3) is 2.95. The Bertz CT molecular complexity index is 803. The van der Waals surface area contributed by atoms with Crippen LogP contribution < -0.4 is 5.32 Å². The number of ether oxygens (including phenoxy) is 1. The van der Waals surface area contributed by atoms with E-state index < -0.39 is 23.3 Å². The quantitative estimate of drug-likeness (QED) is 0.866. The van der Waals surface area contributed by atoms with Crippen LogP contribution in [0.25, 0.3) is 0 Å². The molecule has 1 aliphatic rings. The second-order valence-corrected chi connectivity index (χ2v) is 5.92. The molecule has 0 aliphatic carbocycles. The summed E-state index contributed by atoms with van der Waals surface area (Å²) < 4.78 is 18.7. The van der Waals surface area contributed by atoms with E-state index in [0.29, 0.717) is 16.8 Å². The minimum atomic E-state index is -1.37. The largest absolute Gasteiger partial charge is 0.445 e. The van der Waals surface area contributed by atoms with Gasteiger partial charge in [-0.05, 0) is 55.3 Å². The van der Waals surface area contributed by atoms with E-state index in [1.54, 1.807) is 6.07 Å². The summed E-state index contributed by atoms with van der Waals surface area (Å²) in [5, 5.41) is 2.75. The summed E-state index contributed by atoms with van der Waals surface area (Å²) in [6.07, 6.45) is 0.128. The molecule has 1 amide bonds. The first-order chi connectivity index (χ1) is 10.9. The van der Waals surface area contributed by atoms with E-state index in [-0.39, 0.29) is 6.42 Å². The van der Waals surface area contributed by atoms with Crippen molar-refractivity contribution in [2.45, 2.75) is 25.9 Å². The van der Waals surface area contributed by atoms with Crippen LogP contribution in [0.3, 0.4) is 0 Å². The number of halogens is 1. The number of nitrogens with one attached hydrogen (secondary N) is 1. The van der Waals surface area contributed by atoms with Crippen LogP contribution in [0.15, 0.2) is 42.5 Å². The number of hydrogen-bond acceptors (Lipinski definition) is 3. The Kier molecular flexibility index (Phi) is 3.64. The highest BCUT2D eigenvalue weighted by Crippen LogP contribution is 2.30. The average molecular weight is 313 g/mol. The zero-order valence-electron chi connectivity index (χ0n) is 12.9. The van der Waals surface area contributed by atoms with Crippen molar-refractivity contribution in [1.82, 2.24) is 0 Å². The molecule has 2 aromatic carbocycles. The summed E-state index contributed by atoms with van der Waals surface area (Å²) in [6.45, 7) is 3.45. The maximum atomic E-state index is 13.4. The van der Waals surface area contributed by atoms with Crippen LogP contribution in [-0.4, -0.2) is 17.5 Å². The topological polar surface area (TPSA) is 55.4 Å². The molecule has 1 aliphatic heterocycles. The van der Waals surface area contributed by atoms with Gasteiger partial charge in [-0.3, -0.25) is 4.79 Å². The standard InChI is InChI=1S/C18H16FNO3/c1-11-4-3-5-14(8-11)20-17(22)18(2)10-12-9-13(19)6-7-15(12)16(21)23-18/h3-9H,10H2,1-2H3,(H,20,22). The van der Waals surface area contributed by atoms with Crippen molar-refractivity contribution >= 4 is 17.6 Å². The van der Waals surface area contributed by atoms with Crippen LogP contribution in [0.1, 0.15) is 28.4 Å². The highest BCUT2D eigenvalue weighted by atomic mass is 19.1. The maximum absolute atomic E-state index is 13.4. The molecule has 0 radical (unpaired) electrons. The van der Waals surface area contributed by atoms with Crippen molar-refractivity contribution in [3.63, 3.8) is 0 Å². The predicted octanol–water partition coefficient (Wildman–Crippen LogP) is 3.24. The third-order valence-corrected chi connectivity index (χ3v) is 3.89. The lowest BCUT2D eigenvalue weighted by Crippen LogP contribution is -2.49. The molecule has 0 fully saturated rings. The summed E-state index contributed by atoms with van der Waals surface area (Å²) in [6, 6.07) is 11.2. The number of fused-ring (bicyclic) bond motifs is 1. The van der Waals surface area contributed by atoms with Crippen LogP contribution in [0, 0.1) is 12.7 Å². The summed E-state index contributed by atoms with van der Waals surface area (Å²) in [5.74, 6) is -1.50. The fraction of sp³-hybridized carbons (Fsp3) is 0.222. The van der Waals surface area contributed by atoms with Crippen molar-refractivity contribution in [2.24, 2.45) is 0 Å². The number of esters is 1. The fourth-order valence-electron chi connectivity index (χ4n) is 2.68. The molecular formula is C18H16FNO3. The predicted molar refractivity (Wildman–Crippen MR) is 83.7 cm³/mol. The number of hydrogen-bond donors (Lipinski definition) is 1. The molecule has 118 valence electrons. The van der Waals surface area contributed by atoms with E-state index in [1.165, 1.54) is 25.1 Å². The number of carbonyl (C=O) groups excluding carboxylic acids is 2. The van der Waals surface area contributed by atoms with Gasteiger partial charge in [0.15, 0.2) is 5.60 Å². The molecule has 3 rings (SSSR count). The maximum Gasteiger partial charge on any atom is 0.339 e. The Labute approximate surface area is 133 Å². The van der Waals surface area contributed by atoms with Gasteiger partial charge < -0.3 is 10.1 Å². The number of carbonyl (C=O) groups is 2. The number of aryl methyl sites for hydroxylation is 1. The lowest BCUT2D eigenvalue weighted by Gasteiger charge is -2.33. The van der Waals surface area contributed by atoms with Crippen LogP contribution in [-0.2, 0) is 16.0 Å². The number of amides is 1. The first-order valence-corrected chi connectivity index (χ1v) is 7.27. The molecule has 1 unspecified atom stereocenters. The van der Waals surface area contributed by atoms with E-state index in [1.807, 2.05) is 25.1 Å². The van der Waals surface area contributed by atoms with Crippen molar-refractivity contribution in [1.29, 1.82) is 0 Å². The smallest absolute Gasteiger partial charge is 0.339 e. The van der Waals surface area contributed by atoms with Gasteiger partial charge in [0.1, 0.15) is 5.82 Å². The molecule has 23 heavy (non-hydrogen) atoms. The van der Waals surface area contributed by atoms with Crippen LogP contribution in [0.4, 0.5) is 10.1 Å². The van der Waals surface area contributed by atoms with Crippen LogP contribution >= 0.6 is 0 Å². The zero-order chi connectivity index (χ0) is 16.6. The molecule has 4 nitrogen and oxygen atoms in total. The van der Waals surface area contributed by atoms with Gasteiger partial charge in [0.05, 0.1) is 5.56 Å². The second-order valence-electron chi connectivity index (χ2n) is 5.92. The van der Waals surface area contributed by atoms with Gasteiger partial charge in [0.25, 0.3) is 5.91 Å². The molecule has 5 heteroatoms. The Morgan fingerprint density at radius 2 is 2.04 bits per heavy atom. The number of benzene rings is 2.